The second-order valence-corrected chi connectivity index (χ2v) is 8.97. The van der Waals surface area contributed by atoms with Gasteiger partial charge in [0.15, 0.2) is 12.2 Å². The summed E-state index contributed by atoms with van der Waals surface area (Å²) < 4.78 is 43.4. The van der Waals surface area contributed by atoms with Gasteiger partial charge in [0.25, 0.3) is 0 Å². The Labute approximate surface area is 241 Å². The van der Waals surface area contributed by atoms with Gasteiger partial charge in [0.1, 0.15) is 50.1 Å². The Hall–Kier alpha value is -4.68. The minimum Gasteiger partial charge on any atom is -0.490 e. The SMILES string of the molecule is C=CC(=O)OCCOc1ccc(C(=O)O[C@H]2COC3C2OC[C@@H]3OC(=O)c2ccc(OCCOC(=O)C=C)cc2)cc1. The number of ether oxygens (including phenoxy) is 8. The van der Waals surface area contributed by atoms with Gasteiger partial charge < -0.3 is 37.9 Å². The van der Waals surface area contributed by atoms with E-state index in [0.29, 0.717) is 22.6 Å². The minimum atomic E-state index is -0.677. The van der Waals surface area contributed by atoms with Crippen molar-refractivity contribution in [2.75, 3.05) is 39.6 Å². The molecule has 2 fully saturated rings. The normalized spacial score (nSPS) is 20.5. The molecule has 0 radical (unpaired) electrons. The molecule has 0 aromatic heterocycles. The van der Waals surface area contributed by atoms with Gasteiger partial charge in [-0.15, -0.1) is 0 Å². The summed E-state index contributed by atoms with van der Waals surface area (Å²) in [5, 5.41) is 0. The third-order valence-electron chi connectivity index (χ3n) is 6.19. The van der Waals surface area contributed by atoms with Gasteiger partial charge in [0.2, 0.25) is 0 Å². The van der Waals surface area contributed by atoms with Crippen LogP contribution in [0.15, 0.2) is 73.8 Å². The maximum absolute atomic E-state index is 12.7. The van der Waals surface area contributed by atoms with E-state index in [2.05, 4.69) is 13.2 Å². The van der Waals surface area contributed by atoms with E-state index in [9.17, 15) is 19.2 Å². The van der Waals surface area contributed by atoms with E-state index >= 15 is 0 Å². The molecule has 2 aromatic carbocycles. The summed E-state index contributed by atoms with van der Waals surface area (Å²) in [5.74, 6) is -1.23. The predicted molar refractivity (Wildman–Crippen MR) is 144 cm³/mol. The average molecular weight is 583 g/mol. The summed E-state index contributed by atoms with van der Waals surface area (Å²) >= 11 is 0. The van der Waals surface area contributed by atoms with Crippen LogP contribution in [0.1, 0.15) is 20.7 Å². The maximum Gasteiger partial charge on any atom is 0.338 e. The Bertz CT molecular complexity index is 1170. The molecule has 0 amide bonds. The molecule has 0 N–H and O–H groups in total. The molecule has 12 nitrogen and oxygen atoms in total. The highest BCUT2D eigenvalue weighted by Gasteiger charge is 2.51. The van der Waals surface area contributed by atoms with Crippen LogP contribution in [-0.2, 0) is 38.0 Å². The second kappa shape index (κ2) is 14.8. The van der Waals surface area contributed by atoms with E-state index in [0.717, 1.165) is 12.2 Å². The summed E-state index contributed by atoms with van der Waals surface area (Å²) in [5.41, 5.74) is 0.602. The Morgan fingerprint density at radius 3 is 1.38 bits per heavy atom. The van der Waals surface area contributed by atoms with Crippen LogP contribution in [0.3, 0.4) is 0 Å². The largest absolute Gasteiger partial charge is 0.490 e. The standard InChI is InChI=1S/C30H30O12/c1-3-25(31)37-15-13-35-21-9-5-19(6-10-21)29(33)41-23-17-39-28-24(18-40-27(23)28)42-30(34)20-7-11-22(12-8-20)36-14-16-38-26(32)4-2/h3-12,23-24,27-28H,1-2,13-18H2/t23-,24-,27?,28?/m0/s1. The molecule has 0 spiro atoms. The fraction of sp³-hybridized carbons (Fsp3) is 0.333. The lowest BCUT2D eigenvalue weighted by Gasteiger charge is -2.17. The quantitative estimate of drug-likeness (QED) is 0.140. The zero-order valence-corrected chi connectivity index (χ0v) is 22.6. The fourth-order valence-corrected chi connectivity index (χ4v) is 4.14. The molecule has 12 heteroatoms. The topological polar surface area (TPSA) is 142 Å². The van der Waals surface area contributed by atoms with Gasteiger partial charge in [-0.2, -0.15) is 0 Å². The van der Waals surface area contributed by atoms with Crippen LogP contribution >= 0.6 is 0 Å². The first-order valence-corrected chi connectivity index (χ1v) is 13.1. The van der Waals surface area contributed by atoms with Crippen molar-refractivity contribution in [2.24, 2.45) is 0 Å². The van der Waals surface area contributed by atoms with Gasteiger partial charge in [-0.25, -0.2) is 19.2 Å². The molecular weight excluding hydrogens is 552 g/mol. The van der Waals surface area contributed by atoms with Crippen molar-refractivity contribution in [1.82, 2.24) is 0 Å². The highest BCUT2D eigenvalue weighted by atomic mass is 16.7. The molecule has 2 heterocycles. The van der Waals surface area contributed by atoms with Gasteiger partial charge in [-0.3, -0.25) is 0 Å². The zero-order chi connectivity index (χ0) is 29.9. The van der Waals surface area contributed by atoms with E-state index in [4.69, 9.17) is 37.9 Å². The molecule has 2 aromatic rings. The van der Waals surface area contributed by atoms with Crippen LogP contribution < -0.4 is 9.47 Å². The van der Waals surface area contributed by atoms with Crippen LogP contribution in [0.25, 0.3) is 0 Å². The molecule has 2 aliphatic heterocycles. The van der Waals surface area contributed by atoms with Crippen molar-refractivity contribution >= 4 is 23.9 Å². The van der Waals surface area contributed by atoms with Crippen molar-refractivity contribution in [2.45, 2.75) is 24.4 Å². The van der Waals surface area contributed by atoms with E-state index in [1.165, 1.54) is 0 Å². The molecule has 2 aliphatic rings. The van der Waals surface area contributed by atoms with Crippen molar-refractivity contribution in [3.8, 4) is 11.5 Å². The van der Waals surface area contributed by atoms with Crippen LogP contribution in [0.4, 0.5) is 0 Å². The number of benzene rings is 2. The fourth-order valence-electron chi connectivity index (χ4n) is 4.14. The molecule has 42 heavy (non-hydrogen) atoms. The van der Waals surface area contributed by atoms with Crippen LogP contribution in [0.2, 0.25) is 0 Å². The highest BCUT2D eigenvalue weighted by molar-refractivity contribution is 5.90. The molecule has 222 valence electrons. The van der Waals surface area contributed by atoms with Gasteiger partial charge in [0, 0.05) is 12.2 Å². The molecule has 2 saturated heterocycles. The number of carbonyl (C=O) groups is 4. The first-order valence-electron chi connectivity index (χ1n) is 13.1. The third-order valence-corrected chi connectivity index (χ3v) is 6.19. The van der Waals surface area contributed by atoms with Gasteiger partial charge in [0.05, 0.1) is 24.3 Å². The highest BCUT2D eigenvalue weighted by Crippen LogP contribution is 2.31. The van der Waals surface area contributed by atoms with Gasteiger partial charge in [-0.05, 0) is 48.5 Å². The lowest BCUT2D eigenvalue weighted by atomic mass is 10.1. The first kappa shape index (κ1) is 30.3. The molecule has 0 saturated carbocycles. The number of fused-ring (bicyclic) bond motifs is 1. The van der Waals surface area contributed by atoms with Crippen molar-refractivity contribution in [3.05, 3.63) is 85.0 Å². The number of carbonyl (C=O) groups excluding carboxylic acids is 4. The summed E-state index contributed by atoms with van der Waals surface area (Å²) in [6.07, 6.45) is -0.392. The van der Waals surface area contributed by atoms with Crippen molar-refractivity contribution in [1.29, 1.82) is 0 Å². The lowest BCUT2D eigenvalue weighted by molar-refractivity contribution is -0.139. The predicted octanol–water partition coefficient (Wildman–Crippen LogP) is 2.45. The minimum absolute atomic E-state index is 0.0639. The van der Waals surface area contributed by atoms with E-state index in [1.807, 2.05) is 0 Å². The first-order chi connectivity index (χ1) is 20.4. The van der Waals surface area contributed by atoms with Gasteiger partial charge in [-0.1, -0.05) is 13.2 Å². The van der Waals surface area contributed by atoms with Crippen molar-refractivity contribution < 1.29 is 57.1 Å². The van der Waals surface area contributed by atoms with Crippen LogP contribution in [0.5, 0.6) is 11.5 Å². The molecular formula is C30H30O12. The Balaban J connectivity index is 1.20. The summed E-state index contributed by atoms with van der Waals surface area (Å²) in [4.78, 5) is 47.5. The second-order valence-electron chi connectivity index (χ2n) is 8.97. The lowest BCUT2D eigenvalue weighted by Crippen LogP contribution is -2.36. The average Bonchev–Trinajstić information content (AvgIpc) is 3.60. The summed E-state index contributed by atoms with van der Waals surface area (Å²) in [6.45, 7) is 7.22. The zero-order valence-electron chi connectivity index (χ0n) is 22.6. The van der Waals surface area contributed by atoms with Crippen LogP contribution in [-0.4, -0.2) is 87.9 Å². The summed E-state index contributed by atoms with van der Waals surface area (Å²) in [7, 11) is 0. The molecule has 4 atom stereocenters. The Kier molecular flexibility index (Phi) is 10.7. The molecule has 0 aliphatic carbocycles. The summed E-state index contributed by atoms with van der Waals surface area (Å²) in [6, 6.07) is 12.6. The molecule has 4 rings (SSSR count). The third kappa shape index (κ3) is 8.18. The monoisotopic (exact) mass is 582 g/mol. The Morgan fingerprint density at radius 1 is 0.643 bits per heavy atom. The number of hydrogen-bond donors (Lipinski definition) is 0. The number of esters is 4. The number of rotatable bonds is 14. The van der Waals surface area contributed by atoms with E-state index in [-0.39, 0.29) is 39.6 Å². The van der Waals surface area contributed by atoms with Crippen molar-refractivity contribution in [3.63, 3.8) is 0 Å². The smallest absolute Gasteiger partial charge is 0.338 e. The molecule has 2 unspecified atom stereocenters. The van der Waals surface area contributed by atoms with Crippen LogP contribution in [0, 0.1) is 0 Å². The number of hydrogen-bond acceptors (Lipinski definition) is 12. The van der Waals surface area contributed by atoms with Gasteiger partial charge >= 0.3 is 23.9 Å². The van der Waals surface area contributed by atoms with E-state index < -0.39 is 48.3 Å². The Morgan fingerprint density at radius 2 is 1.02 bits per heavy atom. The van der Waals surface area contributed by atoms with E-state index in [1.54, 1.807) is 48.5 Å². The molecule has 0 bridgehead atoms. The maximum atomic E-state index is 12.7.